The number of anilines is 2. The summed E-state index contributed by atoms with van der Waals surface area (Å²) in [5.41, 5.74) is 7.48. The van der Waals surface area contributed by atoms with Crippen LogP contribution in [0.1, 0.15) is 6.92 Å². The van der Waals surface area contributed by atoms with Crippen LogP contribution in [-0.4, -0.2) is 22.4 Å². The van der Waals surface area contributed by atoms with Gasteiger partial charge < -0.3 is 10.6 Å². The Hall–Kier alpha value is -2.80. The highest BCUT2D eigenvalue weighted by Crippen LogP contribution is 2.53. The predicted octanol–water partition coefficient (Wildman–Crippen LogP) is 4.04. The summed E-state index contributed by atoms with van der Waals surface area (Å²) in [7, 11) is 0. The molecule has 2 aromatic carbocycles. The number of amides is 1. The molecule has 3 atom stereocenters. The molecule has 2 fully saturated rings. The molecule has 1 aromatic heterocycles. The van der Waals surface area contributed by atoms with Crippen LogP contribution in [0.5, 0.6) is 0 Å². The first-order chi connectivity index (χ1) is 13.4. The quantitative estimate of drug-likeness (QED) is 0.659. The highest BCUT2D eigenvalue weighted by atomic mass is 35.5. The van der Waals surface area contributed by atoms with Gasteiger partial charge in [-0.05, 0) is 36.1 Å². The fraction of sp³-hybridized carbons (Fsp3) is 0.250. The number of nitrogens with zero attached hydrogens (tertiary/aromatic N) is 3. The van der Waals surface area contributed by atoms with E-state index in [1.807, 2.05) is 0 Å². The van der Waals surface area contributed by atoms with Crippen molar-refractivity contribution in [3.05, 3.63) is 47.2 Å². The summed E-state index contributed by atoms with van der Waals surface area (Å²) in [4.78, 5) is 22.6. The number of benzene rings is 2. The monoisotopic (exact) mass is 400 g/mol. The number of hydrogen-bond donors (Lipinski definition) is 1. The second-order valence-electron chi connectivity index (χ2n) is 7.37. The maximum absolute atomic E-state index is 14.8. The van der Waals surface area contributed by atoms with Gasteiger partial charge in [0, 0.05) is 34.7 Å². The molecule has 0 bridgehead atoms. The number of fused-ring (bicyclic) bond motifs is 2. The third kappa shape index (κ3) is 2.32. The fourth-order valence-corrected chi connectivity index (χ4v) is 4.38. The molecule has 0 radical (unpaired) electrons. The third-order valence-corrected chi connectivity index (χ3v) is 6.24. The number of rotatable bonds is 2. The van der Waals surface area contributed by atoms with Gasteiger partial charge in [-0.15, -0.1) is 0 Å². The molecule has 1 aliphatic heterocycles. The average Bonchev–Trinajstić information content (AvgIpc) is 3.17. The van der Waals surface area contributed by atoms with E-state index >= 15 is 0 Å². The zero-order valence-electron chi connectivity index (χ0n) is 14.8. The topological polar surface area (TPSA) is 72.1 Å². The first-order valence-electron chi connectivity index (χ1n) is 8.88. The smallest absolute Gasteiger partial charge is 0.230 e. The Morgan fingerprint density at radius 2 is 2.00 bits per heavy atom. The van der Waals surface area contributed by atoms with Crippen LogP contribution >= 0.6 is 11.6 Å². The van der Waals surface area contributed by atoms with Crippen molar-refractivity contribution >= 4 is 39.9 Å². The molecule has 1 amide bonds. The van der Waals surface area contributed by atoms with Crippen molar-refractivity contribution in [3.8, 4) is 11.1 Å². The van der Waals surface area contributed by atoms with Crippen molar-refractivity contribution in [3.63, 3.8) is 0 Å². The minimum atomic E-state index is -0.887. The maximum Gasteiger partial charge on any atom is 0.230 e. The second-order valence-corrected chi connectivity index (χ2v) is 7.75. The lowest BCUT2D eigenvalue weighted by atomic mass is 10.00. The van der Waals surface area contributed by atoms with Crippen LogP contribution in [0.3, 0.4) is 0 Å². The number of hydrogen-bond acceptors (Lipinski definition) is 4. The normalized spacial score (nSPS) is 23.4. The Morgan fingerprint density at radius 3 is 2.71 bits per heavy atom. The van der Waals surface area contributed by atoms with Gasteiger partial charge in [0.2, 0.25) is 5.91 Å². The van der Waals surface area contributed by atoms with Crippen molar-refractivity contribution in [2.45, 2.75) is 6.92 Å². The van der Waals surface area contributed by atoms with Crippen LogP contribution in [-0.2, 0) is 4.79 Å². The van der Waals surface area contributed by atoms with Gasteiger partial charge in [0.15, 0.2) is 5.82 Å². The number of carbonyl (C=O) groups is 1. The van der Waals surface area contributed by atoms with Gasteiger partial charge in [-0.1, -0.05) is 18.5 Å². The van der Waals surface area contributed by atoms with Crippen molar-refractivity contribution in [1.29, 1.82) is 0 Å². The number of halogens is 3. The van der Waals surface area contributed by atoms with Crippen molar-refractivity contribution < 1.29 is 13.6 Å². The van der Waals surface area contributed by atoms with Gasteiger partial charge in [-0.2, -0.15) is 0 Å². The van der Waals surface area contributed by atoms with E-state index in [-0.39, 0.29) is 23.2 Å². The molecule has 0 spiro atoms. The van der Waals surface area contributed by atoms with Gasteiger partial charge in [-0.25, -0.2) is 18.7 Å². The Labute approximate surface area is 164 Å². The number of nitrogen functional groups attached to an aromatic ring is 1. The van der Waals surface area contributed by atoms with Crippen LogP contribution in [0.2, 0.25) is 5.02 Å². The summed E-state index contributed by atoms with van der Waals surface area (Å²) >= 11 is 5.77. The van der Waals surface area contributed by atoms with Gasteiger partial charge in [0.25, 0.3) is 0 Å². The molecule has 8 heteroatoms. The lowest BCUT2D eigenvalue weighted by Gasteiger charge is -2.21. The summed E-state index contributed by atoms with van der Waals surface area (Å²) in [5.74, 6) is -0.690. The first-order valence-corrected chi connectivity index (χ1v) is 9.25. The molecule has 5 nitrogen and oxygen atoms in total. The number of nitrogens with two attached hydrogens (primary N) is 1. The SMILES string of the molecule is C[C@H]1[C@H]2CN(c3cc(-c4ccc(F)c(Cl)c4F)c4ncnc(N)c4c3)C(=O)[C@@H]12. The third-order valence-electron chi connectivity index (χ3n) is 5.90. The highest BCUT2D eigenvalue weighted by Gasteiger charge is 2.59. The Morgan fingerprint density at radius 1 is 1.21 bits per heavy atom. The molecule has 3 aromatic rings. The highest BCUT2D eigenvalue weighted by molar-refractivity contribution is 6.31. The summed E-state index contributed by atoms with van der Waals surface area (Å²) in [6, 6.07) is 5.82. The number of carbonyl (C=O) groups excluding carboxylic acids is 1. The van der Waals surface area contributed by atoms with Crippen molar-refractivity contribution in [2.75, 3.05) is 17.2 Å². The second kappa shape index (κ2) is 5.85. The fourth-order valence-electron chi connectivity index (χ4n) is 4.21. The Kier molecular flexibility index (Phi) is 3.61. The van der Waals surface area contributed by atoms with E-state index in [0.29, 0.717) is 40.5 Å². The molecule has 2 N–H and O–H groups in total. The van der Waals surface area contributed by atoms with E-state index in [2.05, 4.69) is 16.9 Å². The maximum atomic E-state index is 14.8. The van der Waals surface area contributed by atoms with E-state index in [0.717, 1.165) is 6.07 Å². The molecule has 1 saturated carbocycles. The first kappa shape index (κ1) is 17.3. The molecule has 5 rings (SSSR count). The molecule has 2 heterocycles. The number of piperidine rings is 1. The molecule has 142 valence electrons. The lowest BCUT2D eigenvalue weighted by molar-refractivity contribution is -0.119. The summed E-state index contributed by atoms with van der Waals surface area (Å²) in [6.07, 6.45) is 1.28. The minimum absolute atomic E-state index is 0.0421. The van der Waals surface area contributed by atoms with Crippen LogP contribution < -0.4 is 10.6 Å². The molecule has 1 saturated heterocycles. The summed E-state index contributed by atoms with van der Waals surface area (Å²) in [6.45, 7) is 2.67. The van der Waals surface area contributed by atoms with Gasteiger partial charge >= 0.3 is 0 Å². The lowest BCUT2D eigenvalue weighted by Crippen LogP contribution is -2.29. The van der Waals surface area contributed by atoms with Gasteiger partial charge in [0.1, 0.15) is 23.0 Å². The number of aromatic nitrogens is 2. The molecule has 1 aliphatic carbocycles. The van der Waals surface area contributed by atoms with Crippen LogP contribution in [0.25, 0.3) is 22.0 Å². The standard InChI is InChI=1S/C20H15ClF2N4O/c1-8-13-6-27(20(28)15(8)13)9-4-11(10-2-3-14(22)16(21)17(10)23)18-12(5-9)19(24)26-7-25-18/h2-5,7-8,13,15H,6H2,1H3,(H2,24,25,26)/t8-,13+,15-/m0/s1. The summed E-state index contributed by atoms with van der Waals surface area (Å²) < 4.78 is 28.4. The minimum Gasteiger partial charge on any atom is -0.383 e. The van der Waals surface area contributed by atoms with Gasteiger partial charge in [-0.3, -0.25) is 4.79 Å². The van der Waals surface area contributed by atoms with Crippen molar-refractivity contribution in [2.24, 2.45) is 17.8 Å². The van der Waals surface area contributed by atoms with Crippen LogP contribution in [0.4, 0.5) is 20.3 Å². The zero-order valence-corrected chi connectivity index (χ0v) is 15.5. The van der Waals surface area contributed by atoms with E-state index in [1.54, 1.807) is 17.0 Å². The molecule has 0 unspecified atom stereocenters. The molecule has 2 aliphatic rings. The Bertz CT molecular complexity index is 1170. The van der Waals surface area contributed by atoms with E-state index in [4.69, 9.17) is 17.3 Å². The molecular weight excluding hydrogens is 386 g/mol. The zero-order chi connectivity index (χ0) is 19.7. The van der Waals surface area contributed by atoms with E-state index in [9.17, 15) is 13.6 Å². The predicted molar refractivity (Wildman–Crippen MR) is 103 cm³/mol. The Balaban J connectivity index is 1.74. The largest absolute Gasteiger partial charge is 0.383 e. The van der Waals surface area contributed by atoms with Gasteiger partial charge in [0.05, 0.1) is 5.52 Å². The van der Waals surface area contributed by atoms with Crippen LogP contribution in [0, 0.1) is 29.4 Å². The van der Waals surface area contributed by atoms with E-state index < -0.39 is 16.7 Å². The molecular formula is C20H15ClF2N4O. The van der Waals surface area contributed by atoms with Crippen LogP contribution in [0.15, 0.2) is 30.6 Å². The molecule has 28 heavy (non-hydrogen) atoms. The van der Waals surface area contributed by atoms with Crippen molar-refractivity contribution in [1.82, 2.24) is 9.97 Å². The average molecular weight is 401 g/mol. The summed E-state index contributed by atoms with van der Waals surface area (Å²) in [5, 5.41) is -0.0957. The van der Waals surface area contributed by atoms with E-state index in [1.165, 1.54) is 12.4 Å².